The number of methoxy groups -OCH3 is 1. The third-order valence-electron chi connectivity index (χ3n) is 13.2. The molecule has 1 aliphatic carbocycles. The summed E-state index contributed by atoms with van der Waals surface area (Å²) >= 11 is 0. The lowest BCUT2D eigenvalue weighted by atomic mass is 9.81. The maximum Gasteiger partial charge on any atom is 0.319 e. The Morgan fingerprint density at radius 1 is 1.05 bits per heavy atom. The van der Waals surface area contributed by atoms with Crippen LogP contribution in [0.25, 0.3) is 43.7 Å². The Morgan fingerprint density at radius 3 is 2.62 bits per heavy atom. The van der Waals surface area contributed by atoms with E-state index < -0.39 is 23.3 Å². The predicted octanol–water partition coefficient (Wildman–Crippen LogP) is 6.34. The zero-order chi connectivity index (χ0) is 37.7. The van der Waals surface area contributed by atoms with E-state index in [1.807, 2.05) is 6.20 Å². The fourth-order valence-electron chi connectivity index (χ4n) is 10.7. The van der Waals surface area contributed by atoms with Crippen molar-refractivity contribution >= 4 is 38.4 Å². The van der Waals surface area contributed by atoms with Gasteiger partial charge in [0.25, 0.3) is 0 Å². The van der Waals surface area contributed by atoms with Gasteiger partial charge in [-0.1, -0.05) is 12.0 Å². The van der Waals surface area contributed by atoms with Crippen molar-refractivity contribution in [3.05, 3.63) is 47.7 Å². The van der Waals surface area contributed by atoms with Crippen molar-refractivity contribution in [2.45, 2.75) is 74.8 Å². The number of piperazine rings is 1. The molecule has 55 heavy (non-hydrogen) atoms. The number of aryl methyl sites for hydroxylation is 1. The van der Waals surface area contributed by atoms with Crippen molar-refractivity contribution in [3.8, 4) is 35.2 Å². The van der Waals surface area contributed by atoms with Crippen LogP contribution in [0.3, 0.4) is 0 Å². The third-order valence-corrected chi connectivity index (χ3v) is 13.2. The summed E-state index contributed by atoms with van der Waals surface area (Å²) in [6, 6.07) is 5.94. The number of halogens is 3. The molecule has 3 aromatic carbocycles. The second-order valence-corrected chi connectivity index (χ2v) is 16.5. The molecule has 5 fully saturated rings. The number of aromatic hydroxyl groups is 1. The third kappa shape index (κ3) is 5.54. The van der Waals surface area contributed by atoms with Crippen molar-refractivity contribution in [1.82, 2.24) is 29.5 Å². The summed E-state index contributed by atoms with van der Waals surface area (Å²) in [5.41, 5.74) is 0.0899. The first kappa shape index (κ1) is 34.8. The highest BCUT2D eigenvalue weighted by Crippen LogP contribution is 2.47. The Bertz CT molecular complexity index is 2400. The Kier molecular flexibility index (Phi) is 8.21. The van der Waals surface area contributed by atoms with E-state index in [4.69, 9.17) is 31.0 Å². The zero-order valence-corrected chi connectivity index (χ0v) is 31.1. The van der Waals surface area contributed by atoms with Gasteiger partial charge < -0.3 is 19.5 Å². The molecule has 4 aliphatic heterocycles. The molecular weight excluding hydrogens is 708 g/mol. The van der Waals surface area contributed by atoms with Crippen molar-refractivity contribution in [1.29, 1.82) is 0 Å². The number of phenols is 1. The van der Waals surface area contributed by atoms with Gasteiger partial charge in [-0.2, -0.15) is 15.1 Å². The van der Waals surface area contributed by atoms with Crippen LogP contribution in [0.4, 0.5) is 19.0 Å². The summed E-state index contributed by atoms with van der Waals surface area (Å²) in [7, 11) is 3.55. The molecule has 0 unspecified atom stereocenters. The lowest BCUT2D eigenvalue weighted by Gasteiger charge is -2.45. The molecule has 4 atom stereocenters. The summed E-state index contributed by atoms with van der Waals surface area (Å²) in [5.74, 6) is 2.18. The van der Waals surface area contributed by atoms with Gasteiger partial charge in [-0.25, -0.2) is 13.2 Å². The number of ether oxygens (including phenoxy) is 2. The van der Waals surface area contributed by atoms with Crippen LogP contribution in [0, 0.1) is 29.9 Å². The molecule has 4 saturated heterocycles. The van der Waals surface area contributed by atoms with E-state index >= 15 is 8.78 Å². The van der Waals surface area contributed by atoms with E-state index in [1.54, 1.807) is 18.8 Å². The second kappa shape index (κ2) is 13.0. The second-order valence-electron chi connectivity index (χ2n) is 16.5. The number of fused-ring (bicyclic) bond motifs is 7. The van der Waals surface area contributed by atoms with Crippen LogP contribution in [0.15, 0.2) is 30.5 Å². The van der Waals surface area contributed by atoms with E-state index in [0.717, 1.165) is 64.7 Å². The minimum Gasteiger partial charge on any atom is -0.508 e. The molecule has 2 bridgehead atoms. The average Bonchev–Trinajstić information content (AvgIpc) is 3.87. The van der Waals surface area contributed by atoms with Crippen LogP contribution in [-0.4, -0.2) is 111 Å². The molecule has 5 aromatic rings. The quantitative estimate of drug-likeness (QED) is 0.183. The van der Waals surface area contributed by atoms with E-state index in [1.165, 1.54) is 24.3 Å². The van der Waals surface area contributed by atoms with E-state index in [0.29, 0.717) is 52.5 Å². The van der Waals surface area contributed by atoms with Gasteiger partial charge in [-0.15, -0.1) is 6.42 Å². The molecule has 6 heterocycles. The Balaban J connectivity index is 1.15. The Morgan fingerprint density at radius 2 is 1.85 bits per heavy atom. The number of phenolic OH excluding ortho intramolecular Hbond substituents is 1. The summed E-state index contributed by atoms with van der Waals surface area (Å²) in [4.78, 5) is 17.0. The van der Waals surface area contributed by atoms with Crippen LogP contribution >= 0.6 is 0 Å². The molecular formula is C42H44F3N7O3. The SMILES string of the molecule is C#Cc1c(F)ccc2cc(O)cc(-c3c(F)c4nc(OC[C@@]56CCCN5C[C@H](F)C6)nc(N5[C@@H]6CC[C@H]5CN(CC5CC(OC)C5)C6)c4c4cn(C)nc34)c12. The van der Waals surface area contributed by atoms with Gasteiger partial charge in [0.2, 0.25) is 0 Å². The molecule has 0 spiro atoms. The number of hydrogen-bond acceptors (Lipinski definition) is 9. The molecule has 10 nitrogen and oxygen atoms in total. The fraction of sp³-hybridized carbons (Fsp3) is 0.500. The Labute approximate surface area is 317 Å². The Hall–Kier alpha value is -4.64. The predicted molar refractivity (Wildman–Crippen MR) is 204 cm³/mol. The number of benzene rings is 3. The summed E-state index contributed by atoms with van der Waals surface area (Å²) < 4.78 is 61.5. The number of nitrogens with zero attached hydrogens (tertiary/aromatic N) is 7. The normalized spacial score (nSPS) is 28.0. The number of aromatic nitrogens is 4. The molecule has 13 heteroatoms. The molecule has 2 aromatic heterocycles. The summed E-state index contributed by atoms with van der Waals surface area (Å²) in [5, 5.41) is 17.6. The lowest BCUT2D eigenvalue weighted by Crippen LogP contribution is -2.56. The first-order valence-corrected chi connectivity index (χ1v) is 19.5. The van der Waals surface area contributed by atoms with Crippen molar-refractivity contribution in [2.75, 3.05) is 51.3 Å². The highest BCUT2D eigenvalue weighted by atomic mass is 19.1. The standard InChI is InChI=1S/C42H44F3N7O3/c1-4-30-33(44)9-6-24-14-28(53)15-31(34(24)30)35-37(45)39-36(32-21-49(2)48-38(32)35)40(47-41(46-39)55-22-42-10-5-11-51(42)18-25(43)16-42)52-26-7-8-27(52)20-50(19-26)17-23-12-29(13-23)54-3/h1,6,9,14-15,21,23,25-27,29,53H,5,7-8,10-13,16-20,22H2,2-3H3/t23?,25-,26-,27+,29?,42+/m1/s1. The van der Waals surface area contributed by atoms with Gasteiger partial charge in [0.15, 0.2) is 5.82 Å². The average molecular weight is 752 g/mol. The van der Waals surface area contributed by atoms with Crippen molar-refractivity contribution in [3.63, 3.8) is 0 Å². The van der Waals surface area contributed by atoms with Crippen LogP contribution in [0.2, 0.25) is 0 Å². The topological polar surface area (TPSA) is 92.0 Å². The largest absolute Gasteiger partial charge is 0.508 e. The van der Waals surface area contributed by atoms with Gasteiger partial charge in [0, 0.05) is 81.4 Å². The highest BCUT2D eigenvalue weighted by molar-refractivity contribution is 6.18. The van der Waals surface area contributed by atoms with Gasteiger partial charge in [0.1, 0.15) is 41.2 Å². The number of likely N-dealkylation sites (tertiary alicyclic amines) is 1. The summed E-state index contributed by atoms with van der Waals surface area (Å²) in [6.07, 6.45) is 13.3. The number of hydrogen-bond donors (Lipinski definition) is 1. The minimum atomic E-state index is -0.932. The fourth-order valence-corrected chi connectivity index (χ4v) is 10.7. The van der Waals surface area contributed by atoms with Gasteiger partial charge >= 0.3 is 6.01 Å². The smallest absolute Gasteiger partial charge is 0.319 e. The summed E-state index contributed by atoms with van der Waals surface area (Å²) in [6.45, 7) is 4.11. The molecule has 1 saturated carbocycles. The minimum absolute atomic E-state index is 0.0251. The van der Waals surface area contributed by atoms with Crippen LogP contribution in [0.1, 0.15) is 50.5 Å². The van der Waals surface area contributed by atoms with Crippen molar-refractivity contribution in [2.24, 2.45) is 13.0 Å². The zero-order valence-electron chi connectivity index (χ0n) is 31.1. The number of anilines is 1. The van der Waals surface area contributed by atoms with E-state index in [-0.39, 0.29) is 58.0 Å². The molecule has 0 amide bonds. The highest BCUT2D eigenvalue weighted by Gasteiger charge is 2.50. The molecule has 1 N–H and O–H groups in total. The van der Waals surface area contributed by atoms with Gasteiger partial charge in [-0.05, 0) is 80.1 Å². The van der Waals surface area contributed by atoms with E-state index in [9.17, 15) is 9.50 Å². The molecule has 10 rings (SSSR count). The van der Waals surface area contributed by atoms with Gasteiger partial charge in [0.05, 0.1) is 22.6 Å². The molecule has 0 radical (unpaired) electrons. The molecule has 286 valence electrons. The van der Waals surface area contributed by atoms with Crippen molar-refractivity contribution < 1.29 is 27.8 Å². The number of rotatable bonds is 8. The monoisotopic (exact) mass is 751 g/mol. The maximum atomic E-state index is 17.8. The van der Waals surface area contributed by atoms with Gasteiger partial charge in [-0.3, -0.25) is 14.5 Å². The number of alkyl halides is 1. The first-order valence-electron chi connectivity index (χ1n) is 19.5. The van der Waals surface area contributed by atoms with E-state index in [2.05, 4.69) is 20.6 Å². The number of terminal acetylenes is 1. The lowest BCUT2D eigenvalue weighted by molar-refractivity contribution is -0.0128. The first-order chi connectivity index (χ1) is 26.6. The van der Waals surface area contributed by atoms with Crippen LogP contribution < -0.4 is 9.64 Å². The van der Waals surface area contributed by atoms with Crippen LogP contribution in [0.5, 0.6) is 11.8 Å². The maximum absolute atomic E-state index is 17.8. The van der Waals surface area contributed by atoms with Crippen LogP contribution in [-0.2, 0) is 11.8 Å². The molecule has 5 aliphatic rings.